The van der Waals surface area contributed by atoms with Crippen LogP contribution in [-0.4, -0.2) is 45.5 Å². The van der Waals surface area contributed by atoms with Gasteiger partial charge in [-0.25, -0.2) is 5.01 Å². The standard InChI is InChI=1S/C24H24N4O2/c1-15-8-4-5-9-16(15)13-25-27-14-21(29)28-20(23(27)30)12-18-17-10-6-7-11-19(17)26-22(18)24(28,2)3/h4-11,13,20,26H,12,14H2,1-3H3. The van der Waals surface area contributed by atoms with Gasteiger partial charge in [-0.2, -0.15) is 5.10 Å². The number of carbonyl (C=O) groups excluding carboxylic acids is 2. The number of hydrogen-bond acceptors (Lipinski definition) is 3. The molecule has 0 saturated carbocycles. The molecule has 3 aromatic rings. The van der Waals surface area contributed by atoms with Crippen LogP contribution in [0.4, 0.5) is 0 Å². The summed E-state index contributed by atoms with van der Waals surface area (Å²) in [6, 6.07) is 15.4. The normalized spacial score (nSPS) is 20.7. The first kappa shape index (κ1) is 18.6. The highest BCUT2D eigenvalue weighted by Crippen LogP contribution is 2.42. The number of hydrogen-bond donors (Lipinski definition) is 1. The summed E-state index contributed by atoms with van der Waals surface area (Å²) in [5, 5.41) is 6.83. The molecule has 1 saturated heterocycles. The molecule has 1 unspecified atom stereocenters. The van der Waals surface area contributed by atoms with E-state index in [1.165, 1.54) is 5.01 Å². The van der Waals surface area contributed by atoms with Crippen molar-refractivity contribution in [3.05, 3.63) is 70.9 Å². The lowest BCUT2D eigenvalue weighted by molar-refractivity contribution is -0.163. The zero-order chi connectivity index (χ0) is 21.0. The van der Waals surface area contributed by atoms with Crippen LogP contribution in [0.5, 0.6) is 0 Å². The number of H-pyrrole nitrogens is 1. The number of para-hydroxylation sites is 1. The maximum atomic E-state index is 13.4. The molecule has 3 heterocycles. The Labute approximate surface area is 175 Å². The first-order valence-electron chi connectivity index (χ1n) is 10.2. The van der Waals surface area contributed by atoms with Crippen LogP contribution in [0.15, 0.2) is 53.6 Å². The van der Waals surface area contributed by atoms with Gasteiger partial charge in [0.2, 0.25) is 5.91 Å². The van der Waals surface area contributed by atoms with Crippen LogP contribution in [0.1, 0.15) is 36.2 Å². The molecule has 152 valence electrons. The van der Waals surface area contributed by atoms with Crippen LogP contribution in [0, 0.1) is 6.92 Å². The number of nitrogens with one attached hydrogen (secondary N) is 1. The number of amides is 2. The second-order valence-electron chi connectivity index (χ2n) is 8.56. The highest BCUT2D eigenvalue weighted by Gasteiger charge is 2.51. The number of aromatic amines is 1. The smallest absolute Gasteiger partial charge is 0.266 e. The van der Waals surface area contributed by atoms with Gasteiger partial charge in [0, 0.05) is 23.0 Å². The Balaban J connectivity index is 1.53. The molecule has 6 nitrogen and oxygen atoms in total. The number of benzene rings is 2. The van der Waals surface area contributed by atoms with Crippen molar-refractivity contribution in [3.8, 4) is 0 Å². The Morgan fingerprint density at radius 3 is 2.63 bits per heavy atom. The Morgan fingerprint density at radius 1 is 1.10 bits per heavy atom. The summed E-state index contributed by atoms with van der Waals surface area (Å²) in [4.78, 5) is 31.8. The van der Waals surface area contributed by atoms with Crippen molar-refractivity contribution in [1.82, 2.24) is 14.9 Å². The Morgan fingerprint density at radius 2 is 1.83 bits per heavy atom. The van der Waals surface area contributed by atoms with E-state index in [0.29, 0.717) is 6.42 Å². The van der Waals surface area contributed by atoms with Gasteiger partial charge in [0.25, 0.3) is 5.91 Å². The van der Waals surface area contributed by atoms with E-state index in [1.54, 1.807) is 11.1 Å². The molecule has 30 heavy (non-hydrogen) atoms. The minimum Gasteiger partial charge on any atom is -0.356 e. The third-order valence-corrected chi connectivity index (χ3v) is 6.35. The molecule has 1 atom stereocenters. The lowest BCUT2D eigenvalue weighted by atomic mass is 9.82. The predicted molar refractivity (Wildman–Crippen MR) is 116 cm³/mol. The average Bonchev–Trinajstić information content (AvgIpc) is 3.10. The van der Waals surface area contributed by atoms with E-state index in [0.717, 1.165) is 33.3 Å². The molecule has 2 aromatic carbocycles. The van der Waals surface area contributed by atoms with E-state index in [1.807, 2.05) is 63.2 Å². The molecule has 1 N–H and O–H groups in total. The minimum absolute atomic E-state index is 0.0449. The summed E-state index contributed by atoms with van der Waals surface area (Å²) in [5.41, 5.74) is 4.56. The van der Waals surface area contributed by atoms with E-state index in [-0.39, 0.29) is 18.4 Å². The molecule has 0 bridgehead atoms. The number of hydrazone groups is 1. The van der Waals surface area contributed by atoms with Crippen LogP contribution >= 0.6 is 0 Å². The Bertz CT molecular complexity index is 1210. The average molecular weight is 400 g/mol. The number of aromatic nitrogens is 1. The quantitative estimate of drug-likeness (QED) is 0.671. The molecule has 2 aliphatic rings. The van der Waals surface area contributed by atoms with Crippen LogP contribution < -0.4 is 0 Å². The largest absolute Gasteiger partial charge is 0.356 e. The van der Waals surface area contributed by atoms with Gasteiger partial charge in [-0.1, -0.05) is 42.5 Å². The SMILES string of the molecule is Cc1ccccc1C=NN1CC(=O)N2C(Cc3c([nH]c4ccccc34)C2(C)C)C1=O. The van der Waals surface area contributed by atoms with Gasteiger partial charge in [-0.3, -0.25) is 9.59 Å². The summed E-state index contributed by atoms with van der Waals surface area (Å²) >= 11 is 0. The first-order chi connectivity index (χ1) is 14.4. The highest BCUT2D eigenvalue weighted by molar-refractivity contribution is 5.98. The molecule has 1 aromatic heterocycles. The molecule has 5 rings (SSSR count). The topological polar surface area (TPSA) is 68.8 Å². The summed E-state index contributed by atoms with van der Waals surface area (Å²) in [6.45, 7) is 5.96. The van der Waals surface area contributed by atoms with E-state index in [4.69, 9.17) is 0 Å². The van der Waals surface area contributed by atoms with Crippen molar-refractivity contribution in [2.24, 2.45) is 5.10 Å². The number of nitrogens with zero attached hydrogens (tertiary/aromatic N) is 3. The molecule has 2 amide bonds. The molecule has 0 spiro atoms. The fourth-order valence-electron chi connectivity index (χ4n) is 4.83. The van der Waals surface area contributed by atoms with Crippen LogP contribution in [0.3, 0.4) is 0 Å². The lowest BCUT2D eigenvalue weighted by Gasteiger charge is -2.50. The molecule has 1 fully saturated rings. The third kappa shape index (κ3) is 2.67. The molecule has 0 radical (unpaired) electrons. The van der Waals surface area contributed by atoms with Crippen molar-refractivity contribution < 1.29 is 9.59 Å². The van der Waals surface area contributed by atoms with Crippen molar-refractivity contribution >= 4 is 28.9 Å². The van der Waals surface area contributed by atoms with E-state index >= 15 is 0 Å². The fourth-order valence-corrected chi connectivity index (χ4v) is 4.83. The van der Waals surface area contributed by atoms with Crippen molar-refractivity contribution in [2.45, 2.75) is 38.8 Å². The zero-order valence-corrected chi connectivity index (χ0v) is 17.3. The second-order valence-corrected chi connectivity index (χ2v) is 8.56. The van der Waals surface area contributed by atoms with Crippen LogP contribution in [-0.2, 0) is 21.5 Å². The number of carbonyl (C=O) groups is 2. The lowest BCUT2D eigenvalue weighted by Crippen LogP contribution is -2.66. The van der Waals surface area contributed by atoms with Crippen LogP contribution in [0.2, 0.25) is 0 Å². The van der Waals surface area contributed by atoms with Gasteiger partial charge in [0.05, 0.1) is 11.8 Å². The second kappa shape index (κ2) is 6.55. The summed E-state index contributed by atoms with van der Waals surface area (Å²) in [7, 11) is 0. The zero-order valence-electron chi connectivity index (χ0n) is 17.3. The molecule has 6 heteroatoms. The molecule has 2 aliphatic heterocycles. The first-order valence-corrected chi connectivity index (χ1v) is 10.2. The van der Waals surface area contributed by atoms with Crippen molar-refractivity contribution in [2.75, 3.05) is 6.54 Å². The number of fused-ring (bicyclic) bond motifs is 4. The Hall–Kier alpha value is -3.41. The fraction of sp³-hybridized carbons (Fsp3) is 0.292. The van der Waals surface area contributed by atoms with E-state index in [2.05, 4.69) is 16.2 Å². The van der Waals surface area contributed by atoms with Crippen molar-refractivity contribution in [3.63, 3.8) is 0 Å². The van der Waals surface area contributed by atoms with Crippen molar-refractivity contribution in [1.29, 1.82) is 0 Å². The monoisotopic (exact) mass is 400 g/mol. The van der Waals surface area contributed by atoms with Crippen LogP contribution in [0.25, 0.3) is 10.9 Å². The summed E-state index contributed by atoms with van der Waals surface area (Å²) < 4.78 is 0. The maximum absolute atomic E-state index is 13.4. The number of piperazine rings is 1. The third-order valence-electron chi connectivity index (χ3n) is 6.35. The van der Waals surface area contributed by atoms with Gasteiger partial charge >= 0.3 is 0 Å². The molecular formula is C24H24N4O2. The van der Waals surface area contributed by atoms with E-state index < -0.39 is 11.6 Å². The van der Waals surface area contributed by atoms with Gasteiger partial charge in [0.15, 0.2) is 0 Å². The molecule has 0 aliphatic carbocycles. The van der Waals surface area contributed by atoms with Gasteiger partial charge in [-0.05, 0) is 43.5 Å². The Kier molecular flexibility index (Phi) is 4.07. The van der Waals surface area contributed by atoms with Gasteiger partial charge in [0.1, 0.15) is 12.6 Å². The van der Waals surface area contributed by atoms with Gasteiger partial charge < -0.3 is 9.88 Å². The predicted octanol–water partition coefficient (Wildman–Crippen LogP) is 3.34. The van der Waals surface area contributed by atoms with E-state index in [9.17, 15) is 9.59 Å². The maximum Gasteiger partial charge on any atom is 0.266 e. The summed E-state index contributed by atoms with van der Waals surface area (Å²) in [6.07, 6.45) is 2.16. The number of rotatable bonds is 2. The summed E-state index contributed by atoms with van der Waals surface area (Å²) in [5.74, 6) is -0.223. The van der Waals surface area contributed by atoms with Gasteiger partial charge in [-0.15, -0.1) is 0 Å². The molecular weight excluding hydrogens is 376 g/mol. The minimum atomic E-state index is -0.601. The number of aryl methyl sites for hydroxylation is 1. The highest BCUT2D eigenvalue weighted by atomic mass is 16.2.